The summed E-state index contributed by atoms with van der Waals surface area (Å²) < 4.78 is 6.53. The van der Waals surface area contributed by atoms with Gasteiger partial charge in [0.25, 0.3) is 0 Å². The molecule has 0 aromatic heterocycles. The number of hydrogen-bond donors (Lipinski definition) is 1. The standard InChI is InChI=1S/C18H21BrO2/c1-10-7-6-8-14(12(10)3)17(20)16-13(4)15(19)9-11(2)18(16)21-5/h6-9,17,20H,1-5H3. The molecule has 1 atom stereocenters. The number of hydrogen-bond acceptors (Lipinski definition) is 2. The zero-order valence-electron chi connectivity index (χ0n) is 13.1. The molecule has 0 heterocycles. The van der Waals surface area contributed by atoms with E-state index in [9.17, 15) is 5.11 Å². The molecule has 112 valence electrons. The molecule has 2 nitrogen and oxygen atoms in total. The van der Waals surface area contributed by atoms with E-state index in [-0.39, 0.29) is 0 Å². The average molecular weight is 349 g/mol. The monoisotopic (exact) mass is 348 g/mol. The van der Waals surface area contributed by atoms with Gasteiger partial charge in [0.05, 0.1) is 7.11 Å². The van der Waals surface area contributed by atoms with Crippen LogP contribution in [0.2, 0.25) is 0 Å². The van der Waals surface area contributed by atoms with E-state index < -0.39 is 6.10 Å². The van der Waals surface area contributed by atoms with Crippen LogP contribution >= 0.6 is 15.9 Å². The number of aryl methyl sites for hydroxylation is 2. The van der Waals surface area contributed by atoms with Crippen LogP contribution in [0.4, 0.5) is 0 Å². The molecule has 0 saturated carbocycles. The highest BCUT2D eigenvalue weighted by Gasteiger charge is 2.23. The maximum absolute atomic E-state index is 10.9. The molecule has 2 aromatic rings. The third kappa shape index (κ3) is 2.85. The summed E-state index contributed by atoms with van der Waals surface area (Å²) in [5.74, 6) is 0.754. The maximum Gasteiger partial charge on any atom is 0.128 e. The summed E-state index contributed by atoms with van der Waals surface area (Å²) in [6.07, 6.45) is -0.698. The molecule has 0 amide bonds. The Balaban J connectivity index is 2.68. The molecule has 0 radical (unpaired) electrons. The lowest BCUT2D eigenvalue weighted by Crippen LogP contribution is -2.08. The van der Waals surface area contributed by atoms with Crippen molar-refractivity contribution in [2.75, 3.05) is 7.11 Å². The Hall–Kier alpha value is -1.32. The Bertz CT molecular complexity index is 677. The smallest absolute Gasteiger partial charge is 0.128 e. The van der Waals surface area contributed by atoms with Crippen molar-refractivity contribution in [1.29, 1.82) is 0 Å². The zero-order valence-corrected chi connectivity index (χ0v) is 14.7. The second kappa shape index (κ2) is 6.20. The lowest BCUT2D eigenvalue weighted by molar-refractivity contribution is 0.212. The number of benzene rings is 2. The summed E-state index contributed by atoms with van der Waals surface area (Å²) in [4.78, 5) is 0. The van der Waals surface area contributed by atoms with Crippen LogP contribution in [0.15, 0.2) is 28.7 Å². The van der Waals surface area contributed by atoms with Gasteiger partial charge in [0.2, 0.25) is 0 Å². The van der Waals surface area contributed by atoms with Gasteiger partial charge in [0.15, 0.2) is 0 Å². The Morgan fingerprint density at radius 3 is 2.33 bits per heavy atom. The zero-order chi connectivity index (χ0) is 15.7. The predicted molar refractivity (Wildman–Crippen MR) is 90.1 cm³/mol. The van der Waals surface area contributed by atoms with Crippen molar-refractivity contribution < 1.29 is 9.84 Å². The SMILES string of the molecule is COc1c(C)cc(Br)c(C)c1C(O)c1cccc(C)c1C. The van der Waals surface area contributed by atoms with Gasteiger partial charge in [-0.05, 0) is 61.6 Å². The van der Waals surface area contributed by atoms with Gasteiger partial charge in [0, 0.05) is 10.0 Å². The predicted octanol–water partition coefficient (Wildman–Crippen LogP) is 4.77. The minimum atomic E-state index is -0.698. The van der Waals surface area contributed by atoms with Crippen LogP contribution in [-0.4, -0.2) is 12.2 Å². The molecule has 0 spiro atoms. The summed E-state index contributed by atoms with van der Waals surface area (Å²) in [6, 6.07) is 8.03. The first-order valence-electron chi connectivity index (χ1n) is 6.96. The quantitative estimate of drug-likeness (QED) is 0.865. The molecule has 0 bridgehead atoms. The van der Waals surface area contributed by atoms with Crippen LogP contribution in [-0.2, 0) is 0 Å². The first-order chi connectivity index (χ1) is 9.88. The summed E-state index contributed by atoms with van der Waals surface area (Å²) in [7, 11) is 1.65. The number of aliphatic hydroxyl groups is 1. The minimum absolute atomic E-state index is 0.698. The highest BCUT2D eigenvalue weighted by molar-refractivity contribution is 9.10. The number of aliphatic hydroxyl groups excluding tert-OH is 1. The van der Waals surface area contributed by atoms with Gasteiger partial charge in [-0.3, -0.25) is 0 Å². The molecule has 21 heavy (non-hydrogen) atoms. The van der Waals surface area contributed by atoms with E-state index in [1.54, 1.807) is 7.11 Å². The number of methoxy groups -OCH3 is 1. The minimum Gasteiger partial charge on any atom is -0.496 e. The van der Waals surface area contributed by atoms with Crippen molar-refractivity contribution in [1.82, 2.24) is 0 Å². The lowest BCUT2D eigenvalue weighted by Gasteiger charge is -2.22. The van der Waals surface area contributed by atoms with Gasteiger partial charge < -0.3 is 9.84 Å². The molecule has 1 N–H and O–H groups in total. The van der Waals surface area contributed by atoms with Gasteiger partial charge in [-0.25, -0.2) is 0 Å². The Kier molecular flexibility index (Phi) is 4.74. The van der Waals surface area contributed by atoms with Gasteiger partial charge in [-0.1, -0.05) is 34.1 Å². The van der Waals surface area contributed by atoms with Crippen molar-refractivity contribution in [2.45, 2.75) is 33.8 Å². The second-order valence-electron chi connectivity index (χ2n) is 5.44. The molecule has 2 aromatic carbocycles. The third-order valence-electron chi connectivity index (χ3n) is 4.13. The maximum atomic E-state index is 10.9. The molecule has 0 aliphatic carbocycles. The van der Waals surface area contributed by atoms with Crippen LogP contribution in [0.1, 0.15) is 39.5 Å². The van der Waals surface area contributed by atoms with Crippen molar-refractivity contribution in [3.8, 4) is 5.75 Å². The summed E-state index contributed by atoms with van der Waals surface area (Å²) in [5, 5.41) is 10.9. The van der Waals surface area contributed by atoms with E-state index in [1.807, 2.05) is 39.0 Å². The van der Waals surface area contributed by atoms with Crippen LogP contribution in [0.25, 0.3) is 0 Å². The van der Waals surface area contributed by atoms with Crippen LogP contribution in [0.5, 0.6) is 5.75 Å². The summed E-state index contributed by atoms with van der Waals surface area (Å²) in [5.41, 5.74) is 6.06. The fourth-order valence-electron chi connectivity index (χ4n) is 2.70. The van der Waals surface area contributed by atoms with E-state index in [4.69, 9.17) is 4.74 Å². The van der Waals surface area contributed by atoms with E-state index >= 15 is 0 Å². The second-order valence-corrected chi connectivity index (χ2v) is 6.29. The highest BCUT2D eigenvalue weighted by Crippen LogP contribution is 2.39. The van der Waals surface area contributed by atoms with Crippen LogP contribution in [0, 0.1) is 27.7 Å². The summed E-state index contributed by atoms with van der Waals surface area (Å²) in [6.45, 7) is 8.08. The Morgan fingerprint density at radius 1 is 1.05 bits per heavy atom. The average Bonchev–Trinajstić information content (AvgIpc) is 2.44. The van der Waals surface area contributed by atoms with Gasteiger partial charge in [-0.2, -0.15) is 0 Å². The molecule has 0 aliphatic rings. The van der Waals surface area contributed by atoms with E-state index in [1.165, 1.54) is 5.56 Å². The number of rotatable bonds is 3. The van der Waals surface area contributed by atoms with E-state index in [0.29, 0.717) is 0 Å². The van der Waals surface area contributed by atoms with Crippen molar-refractivity contribution in [3.63, 3.8) is 0 Å². The Morgan fingerprint density at radius 2 is 1.71 bits per heavy atom. The fraction of sp³-hybridized carbons (Fsp3) is 0.333. The fourth-order valence-corrected chi connectivity index (χ4v) is 3.26. The van der Waals surface area contributed by atoms with Crippen LogP contribution in [0.3, 0.4) is 0 Å². The molecule has 1 unspecified atom stereocenters. The largest absolute Gasteiger partial charge is 0.496 e. The first-order valence-corrected chi connectivity index (χ1v) is 7.75. The number of halogens is 1. The molecular weight excluding hydrogens is 328 g/mol. The van der Waals surface area contributed by atoms with E-state index in [2.05, 4.69) is 28.9 Å². The highest BCUT2D eigenvalue weighted by atomic mass is 79.9. The molecule has 2 rings (SSSR count). The molecule has 0 aliphatic heterocycles. The van der Waals surface area contributed by atoms with Crippen molar-refractivity contribution >= 4 is 15.9 Å². The van der Waals surface area contributed by atoms with Gasteiger partial charge in [0.1, 0.15) is 11.9 Å². The van der Waals surface area contributed by atoms with E-state index in [0.717, 1.165) is 38.0 Å². The molecule has 0 saturated heterocycles. The van der Waals surface area contributed by atoms with Crippen LogP contribution < -0.4 is 4.74 Å². The molecular formula is C18H21BrO2. The third-order valence-corrected chi connectivity index (χ3v) is 4.95. The van der Waals surface area contributed by atoms with Crippen molar-refractivity contribution in [2.24, 2.45) is 0 Å². The first kappa shape index (κ1) is 16.1. The number of ether oxygens (including phenoxy) is 1. The summed E-state index contributed by atoms with van der Waals surface area (Å²) >= 11 is 3.57. The van der Waals surface area contributed by atoms with Crippen molar-refractivity contribution in [3.05, 3.63) is 62.1 Å². The Labute approximate surface area is 134 Å². The molecule has 0 fully saturated rings. The van der Waals surface area contributed by atoms with Gasteiger partial charge >= 0.3 is 0 Å². The lowest BCUT2D eigenvalue weighted by atomic mass is 9.91. The molecule has 3 heteroatoms. The topological polar surface area (TPSA) is 29.5 Å². The van der Waals surface area contributed by atoms with Gasteiger partial charge in [-0.15, -0.1) is 0 Å². The normalized spacial score (nSPS) is 12.3.